The lowest BCUT2D eigenvalue weighted by atomic mass is 9.95. The molecule has 0 bridgehead atoms. The average Bonchev–Trinajstić information content (AvgIpc) is 2.14. The van der Waals surface area contributed by atoms with Crippen LogP contribution in [-0.4, -0.2) is 18.0 Å². The van der Waals surface area contributed by atoms with E-state index in [1.54, 1.807) is 0 Å². The summed E-state index contributed by atoms with van der Waals surface area (Å²) in [5, 5.41) is 8.93. The van der Waals surface area contributed by atoms with Crippen molar-refractivity contribution in [3.8, 4) is 0 Å². The first-order valence-corrected chi connectivity index (χ1v) is 3.50. The molecule has 0 aliphatic carbocycles. The second-order valence-corrected chi connectivity index (χ2v) is 3.03. The molecule has 0 aromatic heterocycles. The molecule has 1 aliphatic heterocycles. The van der Waals surface area contributed by atoms with E-state index in [-0.39, 0.29) is 0 Å². The molecule has 2 atom stereocenters. The SMILES string of the molecule is CC(C)[C@H]1COC(O)C1. The van der Waals surface area contributed by atoms with Gasteiger partial charge in [-0.2, -0.15) is 0 Å². The first-order valence-electron chi connectivity index (χ1n) is 3.50. The van der Waals surface area contributed by atoms with Gasteiger partial charge in [0.2, 0.25) is 0 Å². The Bertz CT molecular complexity index is 90.9. The van der Waals surface area contributed by atoms with Crippen LogP contribution in [-0.2, 0) is 4.74 Å². The maximum atomic E-state index is 8.93. The van der Waals surface area contributed by atoms with Crippen LogP contribution in [0.15, 0.2) is 0 Å². The summed E-state index contributed by atoms with van der Waals surface area (Å²) in [5.41, 5.74) is 0. The first kappa shape index (κ1) is 7.03. The summed E-state index contributed by atoms with van der Waals surface area (Å²) in [6.45, 7) is 5.05. The highest BCUT2D eigenvalue weighted by Crippen LogP contribution is 2.24. The van der Waals surface area contributed by atoms with Crippen LogP contribution in [0.2, 0.25) is 0 Å². The summed E-state index contributed by atoms with van der Waals surface area (Å²) in [5.74, 6) is 1.21. The van der Waals surface area contributed by atoms with Crippen LogP contribution >= 0.6 is 0 Å². The molecule has 2 heteroatoms. The molecule has 0 aromatic carbocycles. The van der Waals surface area contributed by atoms with E-state index < -0.39 is 6.29 Å². The van der Waals surface area contributed by atoms with Gasteiger partial charge in [0.1, 0.15) is 0 Å². The van der Waals surface area contributed by atoms with Gasteiger partial charge in [0.15, 0.2) is 6.29 Å². The van der Waals surface area contributed by atoms with Crippen molar-refractivity contribution < 1.29 is 9.84 Å². The Hall–Kier alpha value is -0.0800. The summed E-state index contributed by atoms with van der Waals surface area (Å²) >= 11 is 0. The number of ether oxygens (including phenoxy) is 1. The van der Waals surface area contributed by atoms with E-state index in [0.29, 0.717) is 11.8 Å². The molecule has 0 radical (unpaired) electrons. The zero-order valence-electron chi connectivity index (χ0n) is 6.00. The molecule has 1 rings (SSSR count). The molecule has 0 aromatic rings. The van der Waals surface area contributed by atoms with E-state index in [1.807, 2.05) is 0 Å². The molecular weight excluding hydrogens is 116 g/mol. The van der Waals surface area contributed by atoms with E-state index in [2.05, 4.69) is 13.8 Å². The second kappa shape index (κ2) is 2.67. The molecule has 1 aliphatic rings. The largest absolute Gasteiger partial charge is 0.368 e. The lowest BCUT2D eigenvalue weighted by molar-refractivity contribution is -0.0592. The van der Waals surface area contributed by atoms with Crippen LogP contribution in [0.5, 0.6) is 0 Å². The second-order valence-electron chi connectivity index (χ2n) is 3.03. The molecule has 9 heavy (non-hydrogen) atoms. The maximum Gasteiger partial charge on any atom is 0.154 e. The smallest absolute Gasteiger partial charge is 0.154 e. The van der Waals surface area contributed by atoms with Crippen molar-refractivity contribution in [2.75, 3.05) is 6.61 Å². The minimum Gasteiger partial charge on any atom is -0.368 e. The Labute approximate surface area is 55.8 Å². The van der Waals surface area contributed by atoms with Crippen molar-refractivity contribution in [1.82, 2.24) is 0 Å². The van der Waals surface area contributed by atoms with Gasteiger partial charge in [-0.05, 0) is 11.8 Å². The third-order valence-corrected chi connectivity index (χ3v) is 1.95. The molecule has 1 unspecified atom stereocenters. The van der Waals surface area contributed by atoms with Crippen molar-refractivity contribution in [3.05, 3.63) is 0 Å². The Kier molecular flexibility index (Phi) is 2.09. The quantitative estimate of drug-likeness (QED) is 0.573. The Balaban J connectivity index is 2.30. The van der Waals surface area contributed by atoms with Crippen molar-refractivity contribution in [2.24, 2.45) is 11.8 Å². The molecule has 54 valence electrons. The van der Waals surface area contributed by atoms with E-state index in [0.717, 1.165) is 13.0 Å². The molecule has 0 amide bonds. The lowest BCUT2D eigenvalue weighted by Gasteiger charge is -2.09. The van der Waals surface area contributed by atoms with Crippen LogP contribution in [0.3, 0.4) is 0 Å². The predicted octanol–water partition coefficient (Wildman–Crippen LogP) is 0.997. The fraction of sp³-hybridized carbons (Fsp3) is 1.00. The van der Waals surface area contributed by atoms with Gasteiger partial charge in [-0.3, -0.25) is 0 Å². The minimum atomic E-state index is -0.489. The lowest BCUT2D eigenvalue weighted by Crippen LogP contribution is -2.07. The summed E-state index contributed by atoms with van der Waals surface area (Å²) in [7, 11) is 0. The number of hydrogen-bond donors (Lipinski definition) is 1. The van der Waals surface area contributed by atoms with Crippen molar-refractivity contribution in [2.45, 2.75) is 26.6 Å². The van der Waals surface area contributed by atoms with Gasteiger partial charge in [0.25, 0.3) is 0 Å². The molecule has 1 fully saturated rings. The highest BCUT2D eigenvalue weighted by atomic mass is 16.6. The zero-order chi connectivity index (χ0) is 6.85. The molecule has 1 saturated heterocycles. The monoisotopic (exact) mass is 130 g/mol. The molecule has 1 heterocycles. The van der Waals surface area contributed by atoms with Gasteiger partial charge in [-0.1, -0.05) is 13.8 Å². The Morgan fingerprint density at radius 2 is 2.22 bits per heavy atom. The van der Waals surface area contributed by atoms with Crippen LogP contribution in [0.4, 0.5) is 0 Å². The number of rotatable bonds is 1. The molecule has 1 N–H and O–H groups in total. The summed E-state index contributed by atoms with van der Waals surface area (Å²) in [6.07, 6.45) is 0.329. The molecule has 0 spiro atoms. The van der Waals surface area contributed by atoms with Gasteiger partial charge in [-0.15, -0.1) is 0 Å². The molecule has 0 saturated carbocycles. The predicted molar refractivity (Wildman–Crippen MR) is 34.9 cm³/mol. The third kappa shape index (κ3) is 1.66. The highest BCUT2D eigenvalue weighted by Gasteiger charge is 2.25. The highest BCUT2D eigenvalue weighted by molar-refractivity contribution is 4.69. The van der Waals surface area contributed by atoms with Crippen molar-refractivity contribution in [3.63, 3.8) is 0 Å². The average molecular weight is 130 g/mol. The van der Waals surface area contributed by atoms with Crippen molar-refractivity contribution >= 4 is 0 Å². The molecule has 2 nitrogen and oxygen atoms in total. The van der Waals surface area contributed by atoms with E-state index in [4.69, 9.17) is 9.84 Å². The zero-order valence-corrected chi connectivity index (χ0v) is 6.00. The van der Waals surface area contributed by atoms with Gasteiger partial charge < -0.3 is 9.84 Å². The minimum absolute atomic E-state index is 0.489. The van der Waals surface area contributed by atoms with E-state index in [9.17, 15) is 0 Å². The first-order chi connectivity index (χ1) is 4.20. The Morgan fingerprint density at radius 1 is 1.56 bits per heavy atom. The summed E-state index contributed by atoms with van der Waals surface area (Å²) in [6, 6.07) is 0. The van der Waals surface area contributed by atoms with Crippen LogP contribution in [0, 0.1) is 11.8 Å². The maximum absolute atomic E-state index is 8.93. The summed E-state index contributed by atoms with van der Waals surface area (Å²) < 4.78 is 4.98. The topological polar surface area (TPSA) is 29.5 Å². The molecular formula is C7H14O2. The number of hydrogen-bond acceptors (Lipinski definition) is 2. The number of aliphatic hydroxyl groups is 1. The third-order valence-electron chi connectivity index (χ3n) is 1.95. The summed E-state index contributed by atoms with van der Waals surface area (Å²) in [4.78, 5) is 0. The van der Waals surface area contributed by atoms with E-state index in [1.165, 1.54) is 0 Å². The normalized spacial score (nSPS) is 36.0. The van der Waals surface area contributed by atoms with Gasteiger partial charge in [-0.25, -0.2) is 0 Å². The van der Waals surface area contributed by atoms with Crippen LogP contribution in [0.1, 0.15) is 20.3 Å². The fourth-order valence-electron chi connectivity index (χ4n) is 1.09. The van der Waals surface area contributed by atoms with Crippen LogP contribution < -0.4 is 0 Å². The standard InChI is InChI=1S/C7H14O2/c1-5(2)6-3-7(8)9-4-6/h5-8H,3-4H2,1-2H3/t6-,7?/m1/s1. The fourth-order valence-corrected chi connectivity index (χ4v) is 1.09. The van der Waals surface area contributed by atoms with Gasteiger partial charge in [0.05, 0.1) is 6.61 Å². The van der Waals surface area contributed by atoms with Crippen molar-refractivity contribution in [1.29, 1.82) is 0 Å². The van der Waals surface area contributed by atoms with Gasteiger partial charge in [0, 0.05) is 6.42 Å². The van der Waals surface area contributed by atoms with Crippen LogP contribution in [0.25, 0.3) is 0 Å². The number of aliphatic hydroxyl groups excluding tert-OH is 1. The van der Waals surface area contributed by atoms with Gasteiger partial charge >= 0.3 is 0 Å². The van der Waals surface area contributed by atoms with E-state index >= 15 is 0 Å². The Morgan fingerprint density at radius 3 is 2.44 bits per heavy atom.